The van der Waals surface area contributed by atoms with Crippen molar-refractivity contribution in [1.29, 1.82) is 5.26 Å². The fraction of sp³-hybridized carbons (Fsp3) is 0.429. The maximum absolute atomic E-state index is 13.6. The molecule has 0 bridgehead atoms. The van der Waals surface area contributed by atoms with E-state index in [2.05, 4.69) is 0 Å². The molecule has 1 atom stereocenters. The molecule has 100 valence electrons. The lowest BCUT2D eigenvalue weighted by atomic mass is 10.2. The van der Waals surface area contributed by atoms with Gasteiger partial charge in [0.2, 0.25) is 0 Å². The van der Waals surface area contributed by atoms with E-state index < -0.39 is 11.9 Å². The lowest BCUT2D eigenvalue weighted by molar-refractivity contribution is -0.136. The Morgan fingerprint density at radius 1 is 1.47 bits per heavy atom. The zero-order chi connectivity index (χ0) is 13.8. The molecule has 0 aliphatic carbocycles. The van der Waals surface area contributed by atoms with Crippen LogP contribution < -0.4 is 4.74 Å². The summed E-state index contributed by atoms with van der Waals surface area (Å²) in [4.78, 5) is 13.7. The monoisotopic (exact) mass is 262 g/mol. The normalized spacial score (nSPS) is 15.9. The number of amides is 1. The van der Waals surface area contributed by atoms with Crippen molar-refractivity contribution in [2.45, 2.75) is 25.9 Å². The minimum atomic E-state index is -0.722. The number of halogens is 1. The number of nitriles is 1. The van der Waals surface area contributed by atoms with Gasteiger partial charge in [-0.3, -0.25) is 4.79 Å². The number of benzene rings is 1. The van der Waals surface area contributed by atoms with Crippen molar-refractivity contribution >= 4 is 5.91 Å². The number of carbonyl (C=O) groups excluding carboxylic acids is 1. The summed E-state index contributed by atoms with van der Waals surface area (Å²) in [5, 5.41) is 8.65. The molecule has 0 aromatic heterocycles. The minimum Gasteiger partial charge on any atom is -0.478 e. The second-order valence-electron chi connectivity index (χ2n) is 4.55. The molecule has 1 aliphatic rings. The lowest BCUT2D eigenvalue weighted by Gasteiger charge is -2.21. The molecule has 1 aromatic rings. The molecule has 0 N–H and O–H groups in total. The van der Waals surface area contributed by atoms with Crippen molar-refractivity contribution < 1.29 is 13.9 Å². The summed E-state index contributed by atoms with van der Waals surface area (Å²) in [5.74, 6) is -0.750. The van der Waals surface area contributed by atoms with Gasteiger partial charge in [0.1, 0.15) is 0 Å². The van der Waals surface area contributed by atoms with Crippen LogP contribution in [0.3, 0.4) is 0 Å². The van der Waals surface area contributed by atoms with Gasteiger partial charge in [0, 0.05) is 13.1 Å². The number of nitrogens with zero attached hydrogens (tertiary/aromatic N) is 2. The van der Waals surface area contributed by atoms with Crippen LogP contribution in [0.1, 0.15) is 25.3 Å². The highest BCUT2D eigenvalue weighted by Gasteiger charge is 2.25. The van der Waals surface area contributed by atoms with Gasteiger partial charge in [0.25, 0.3) is 5.91 Å². The van der Waals surface area contributed by atoms with E-state index in [0.717, 1.165) is 32.0 Å². The van der Waals surface area contributed by atoms with Crippen molar-refractivity contribution in [2.75, 3.05) is 13.1 Å². The molecule has 2 rings (SSSR count). The Morgan fingerprint density at radius 3 is 2.74 bits per heavy atom. The number of carbonyl (C=O) groups is 1. The zero-order valence-electron chi connectivity index (χ0n) is 10.7. The summed E-state index contributed by atoms with van der Waals surface area (Å²) >= 11 is 0. The smallest absolute Gasteiger partial charge is 0.263 e. The first-order valence-corrected chi connectivity index (χ1v) is 6.27. The van der Waals surface area contributed by atoms with Gasteiger partial charge in [-0.05, 0) is 38.0 Å². The largest absolute Gasteiger partial charge is 0.478 e. The zero-order valence-corrected chi connectivity index (χ0v) is 10.7. The van der Waals surface area contributed by atoms with Gasteiger partial charge in [-0.25, -0.2) is 4.39 Å². The summed E-state index contributed by atoms with van der Waals surface area (Å²) in [7, 11) is 0. The van der Waals surface area contributed by atoms with Gasteiger partial charge in [-0.15, -0.1) is 0 Å². The predicted molar refractivity (Wildman–Crippen MR) is 67.0 cm³/mol. The van der Waals surface area contributed by atoms with Crippen molar-refractivity contribution in [1.82, 2.24) is 4.90 Å². The molecule has 0 radical (unpaired) electrons. The maximum atomic E-state index is 13.6. The number of ether oxygens (including phenoxy) is 1. The van der Waals surface area contributed by atoms with Crippen LogP contribution in [0.5, 0.6) is 5.75 Å². The summed E-state index contributed by atoms with van der Waals surface area (Å²) in [6.45, 7) is 3.09. The Hall–Kier alpha value is -2.09. The van der Waals surface area contributed by atoms with Gasteiger partial charge in [-0.2, -0.15) is 5.26 Å². The second-order valence-corrected chi connectivity index (χ2v) is 4.55. The molecule has 19 heavy (non-hydrogen) atoms. The highest BCUT2D eigenvalue weighted by molar-refractivity contribution is 5.81. The van der Waals surface area contributed by atoms with Crippen molar-refractivity contribution in [3.63, 3.8) is 0 Å². The Bertz CT molecular complexity index is 519. The number of hydrogen-bond acceptors (Lipinski definition) is 3. The van der Waals surface area contributed by atoms with E-state index in [1.54, 1.807) is 11.8 Å². The first kappa shape index (κ1) is 13.3. The fourth-order valence-corrected chi connectivity index (χ4v) is 2.10. The molecule has 5 heteroatoms. The topological polar surface area (TPSA) is 53.3 Å². The SMILES string of the molecule is CC(Oc1ccc(C#N)cc1F)C(=O)N1CCCC1. The van der Waals surface area contributed by atoms with Crippen LogP contribution in [-0.2, 0) is 4.79 Å². The molecular formula is C14H15FN2O2. The molecular weight excluding hydrogens is 247 g/mol. The molecule has 1 aliphatic heterocycles. The lowest BCUT2D eigenvalue weighted by Crippen LogP contribution is -2.38. The Kier molecular flexibility index (Phi) is 4.00. The average Bonchev–Trinajstić information content (AvgIpc) is 2.94. The second kappa shape index (κ2) is 5.70. The Balaban J connectivity index is 2.04. The van der Waals surface area contributed by atoms with Crippen LogP contribution >= 0.6 is 0 Å². The molecule has 0 saturated carbocycles. The molecule has 1 heterocycles. The highest BCUT2D eigenvalue weighted by Crippen LogP contribution is 2.20. The van der Waals surface area contributed by atoms with Crippen LogP contribution in [0.25, 0.3) is 0 Å². The molecule has 1 saturated heterocycles. The van der Waals surface area contributed by atoms with E-state index in [-0.39, 0.29) is 17.2 Å². The predicted octanol–water partition coefficient (Wildman–Crippen LogP) is 2.09. The van der Waals surface area contributed by atoms with E-state index in [0.29, 0.717) is 0 Å². The minimum absolute atomic E-state index is 0.000882. The molecule has 1 amide bonds. The van der Waals surface area contributed by atoms with Gasteiger partial charge in [0.05, 0.1) is 11.6 Å². The van der Waals surface area contributed by atoms with Crippen LogP contribution in [0.2, 0.25) is 0 Å². The first-order chi connectivity index (χ1) is 9.11. The molecule has 1 fully saturated rings. The third-order valence-corrected chi connectivity index (χ3v) is 3.13. The fourth-order valence-electron chi connectivity index (χ4n) is 2.10. The third-order valence-electron chi connectivity index (χ3n) is 3.13. The summed E-state index contributed by atoms with van der Waals surface area (Å²) in [5.41, 5.74) is 0.225. The van der Waals surface area contributed by atoms with E-state index >= 15 is 0 Å². The number of likely N-dealkylation sites (tertiary alicyclic amines) is 1. The van der Waals surface area contributed by atoms with Gasteiger partial charge in [-0.1, -0.05) is 0 Å². The van der Waals surface area contributed by atoms with Crippen LogP contribution in [0.15, 0.2) is 18.2 Å². The number of rotatable bonds is 3. The van der Waals surface area contributed by atoms with Crippen molar-refractivity contribution in [3.8, 4) is 11.8 Å². The third kappa shape index (κ3) is 3.02. The summed E-state index contributed by atoms with van der Waals surface area (Å²) < 4.78 is 19.0. The van der Waals surface area contributed by atoms with E-state index in [1.165, 1.54) is 12.1 Å². The average molecular weight is 262 g/mol. The summed E-state index contributed by atoms with van der Waals surface area (Å²) in [6, 6.07) is 5.79. The Morgan fingerprint density at radius 2 is 2.16 bits per heavy atom. The van der Waals surface area contributed by atoms with Crippen molar-refractivity contribution in [2.24, 2.45) is 0 Å². The summed E-state index contributed by atoms with van der Waals surface area (Å²) in [6.07, 6.45) is 1.29. The first-order valence-electron chi connectivity index (χ1n) is 6.27. The standard InChI is InChI=1S/C14H15FN2O2/c1-10(14(18)17-6-2-3-7-17)19-13-5-4-11(9-16)8-12(13)15/h4-5,8,10H,2-3,6-7H2,1H3. The molecule has 0 spiro atoms. The van der Waals surface area contributed by atoms with E-state index in [4.69, 9.17) is 10.00 Å². The molecule has 1 aromatic carbocycles. The van der Waals surface area contributed by atoms with Gasteiger partial charge < -0.3 is 9.64 Å². The van der Waals surface area contributed by atoms with Crippen molar-refractivity contribution in [3.05, 3.63) is 29.6 Å². The van der Waals surface area contributed by atoms with E-state index in [9.17, 15) is 9.18 Å². The van der Waals surface area contributed by atoms with Crippen LogP contribution in [-0.4, -0.2) is 30.0 Å². The molecule has 4 nitrogen and oxygen atoms in total. The maximum Gasteiger partial charge on any atom is 0.263 e. The van der Waals surface area contributed by atoms with Crippen LogP contribution in [0.4, 0.5) is 4.39 Å². The van der Waals surface area contributed by atoms with Gasteiger partial charge in [0.15, 0.2) is 17.7 Å². The number of hydrogen-bond donors (Lipinski definition) is 0. The molecule has 1 unspecified atom stereocenters. The van der Waals surface area contributed by atoms with Crippen LogP contribution in [0, 0.1) is 17.1 Å². The van der Waals surface area contributed by atoms with E-state index in [1.807, 2.05) is 6.07 Å². The quantitative estimate of drug-likeness (QED) is 0.838. The highest BCUT2D eigenvalue weighted by atomic mass is 19.1. The Labute approximate surface area is 111 Å². The van der Waals surface area contributed by atoms with Gasteiger partial charge >= 0.3 is 0 Å².